The number of hydrogen-bond acceptors (Lipinski definition) is 2. The molecule has 1 aromatic rings. The fourth-order valence-electron chi connectivity index (χ4n) is 1.13. The monoisotopic (exact) mass is 362 g/mol. The molecule has 0 atom stereocenters. The molecule has 17 heavy (non-hydrogen) atoms. The van der Waals surface area contributed by atoms with Crippen molar-refractivity contribution in [2.45, 2.75) is 19.0 Å². The Morgan fingerprint density at radius 1 is 1.41 bits per heavy atom. The molecular weight excluding hydrogens is 358 g/mol. The molecule has 0 saturated carbocycles. The van der Waals surface area contributed by atoms with Gasteiger partial charge in [-0.1, -0.05) is 0 Å². The second kappa shape index (κ2) is 5.12. The molecule has 0 spiro atoms. The van der Waals surface area contributed by atoms with Gasteiger partial charge in [0.15, 0.2) is 5.69 Å². The van der Waals surface area contributed by atoms with Crippen molar-refractivity contribution in [1.82, 2.24) is 4.98 Å². The third kappa shape index (κ3) is 3.24. The molecule has 2 nitrogen and oxygen atoms in total. The quantitative estimate of drug-likeness (QED) is 0.594. The van der Waals surface area contributed by atoms with Crippen molar-refractivity contribution in [2.24, 2.45) is 0 Å². The van der Waals surface area contributed by atoms with Crippen molar-refractivity contribution in [3.05, 3.63) is 26.6 Å². The Morgan fingerprint density at radius 3 is 2.41 bits per heavy atom. The highest BCUT2D eigenvalue weighted by atomic mass is 127. The average Bonchev–Trinajstić information content (AvgIpc) is 2.18. The van der Waals surface area contributed by atoms with Gasteiger partial charge in [0, 0.05) is 9.13 Å². The second-order valence-corrected chi connectivity index (χ2v) is 4.15. The van der Waals surface area contributed by atoms with Crippen molar-refractivity contribution in [2.75, 3.05) is 0 Å². The van der Waals surface area contributed by atoms with E-state index in [1.807, 2.05) is 0 Å². The number of alkyl halides is 5. The van der Waals surface area contributed by atoms with E-state index in [0.717, 1.165) is 0 Å². The summed E-state index contributed by atoms with van der Waals surface area (Å²) in [6.07, 6.45) is -8.57. The third-order valence-corrected chi connectivity index (χ3v) is 2.76. The summed E-state index contributed by atoms with van der Waals surface area (Å²) in [5, 5.41) is 8.39. The van der Waals surface area contributed by atoms with E-state index in [-0.39, 0.29) is 15.7 Å². The van der Waals surface area contributed by atoms with Gasteiger partial charge in [-0.2, -0.15) is 18.4 Å². The lowest BCUT2D eigenvalue weighted by Gasteiger charge is -2.13. The first-order valence-electron chi connectivity index (χ1n) is 4.19. The van der Waals surface area contributed by atoms with Crippen LogP contribution in [0.15, 0.2) is 6.07 Å². The van der Waals surface area contributed by atoms with Gasteiger partial charge in [-0.15, -0.1) is 0 Å². The number of pyridine rings is 1. The predicted octanol–water partition coefficient (Wildman–Crippen LogP) is 3.71. The Balaban J connectivity index is 3.44. The van der Waals surface area contributed by atoms with Gasteiger partial charge in [0.2, 0.25) is 0 Å². The topological polar surface area (TPSA) is 36.7 Å². The van der Waals surface area contributed by atoms with Crippen molar-refractivity contribution in [1.29, 1.82) is 5.26 Å². The van der Waals surface area contributed by atoms with Crippen LogP contribution in [-0.4, -0.2) is 4.98 Å². The summed E-state index contributed by atoms with van der Waals surface area (Å²) in [6, 6.07) is 2.35. The van der Waals surface area contributed by atoms with Crippen molar-refractivity contribution < 1.29 is 22.0 Å². The SMILES string of the molecule is N#CCc1nc(C(F)(F)F)c(C(F)F)cc1I. The van der Waals surface area contributed by atoms with Crippen LogP contribution in [0.3, 0.4) is 0 Å². The van der Waals surface area contributed by atoms with Crippen LogP contribution in [0.25, 0.3) is 0 Å². The van der Waals surface area contributed by atoms with E-state index in [9.17, 15) is 22.0 Å². The lowest BCUT2D eigenvalue weighted by atomic mass is 10.1. The second-order valence-electron chi connectivity index (χ2n) is 2.99. The van der Waals surface area contributed by atoms with E-state index in [1.54, 1.807) is 28.7 Å². The van der Waals surface area contributed by atoms with Crippen LogP contribution in [0.5, 0.6) is 0 Å². The first-order valence-corrected chi connectivity index (χ1v) is 5.27. The van der Waals surface area contributed by atoms with Crippen LogP contribution in [0.2, 0.25) is 0 Å². The smallest absolute Gasteiger partial charge is 0.246 e. The standard InChI is InChI=1S/C9H4F5IN2/c10-8(11)4-3-5(15)6(1-2-16)17-7(4)9(12,13)14/h3,8H,1H2. The molecule has 8 heteroatoms. The van der Waals surface area contributed by atoms with Crippen LogP contribution in [0, 0.1) is 14.9 Å². The van der Waals surface area contributed by atoms with Gasteiger partial charge in [-0.05, 0) is 28.7 Å². The first kappa shape index (κ1) is 14.1. The maximum Gasteiger partial charge on any atom is 0.433 e. The number of rotatable bonds is 2. The molecule has 0 aliphatic rings. The third-order valence-electron chi connectivity index (χ3n) is 1.83. The number of aromatic nitrogens is 1. The van der Waals surface area contributed by atoms with E-state index in [2.05, 4.69) is 4.98 Å². The van der Waals surface area contributed by atoms with E-state index < -0.39 is 23.9 Å². The Bertz CT molecular complexity index is 464. The van der Waals surface area contributed by atoms with Crippen LogP contribution in [-0.2, 0) is 12.6 Å². The Kier molecular flexibility index (Phi) is 4.24. The summed E-state index contributed by atoms with van der Waals surface area (Å²) < 4.78 is 62.5. The fourth-order valence-corrected chi connectivity index (χ4v) is 1.78. The summed E-state index contributed by atoms with van der Waals surface area (Å²) in [5.41, 5.74) is -2.94. The number of halogens is 6. The average molecular weight is 362 g/mol. The van der Waals surface area contributed by atoms with Gasteiger partial charge in [-0.3, -0.25) is 0 Å². The Labute approximate surface area is 107 Å². The lowest BCUT2D eigenvalue weighted by molar-refractivity contribution is -0.143. The van der Waals surface area contributed by atoms with E-state index in [4.69, 9.17) is 5.26 Å². The van der Waals surface area contributed by atoms with Crippen LogP contribution in [0.1, 0.15) is 23.4 Å². The molecule has 1 aromatic heterocycles. The van der Waals surface area contributed by atoms with Gasteiger partial charge in [0.1, 0.15) is 0 Å². The molecule has 0 aliphatic heterocycles. The zero-order chi connectivity index (χ0) is 13.2. The summed E-state index contributed by atoms with van der Waals surface area (Å²) in [6.45, 7) is 0. The van der Waals surface area contributed by atoms with Crippen molar-refractivity contribution >= 4 is 22.6 Å². The molecule has 1 rings (SSSR count). The maximum absolute atomic E-state index is 12.5. The van der Waals surface area contributed by atoms with Crippen LogP contribution in [0.4, 0.5) is 22.0 Å². The molecule has 0 unspecified atom stereocenters. The minimum Gasteiger partial charge on any atom is -0.246 e. The Morgan fingerprint density at radius 2 is 2.00 bits per heavy atom. The number of nitriles is 1. The molecule has 0 N–H and O–H groups in total. The molecule has 1 heterocycles. The van der Waals surface area contributed by atoms with Gasteiger partial charge in [-0.25, -0.2) is 13.8 Å². The fraction of sp³-hybridized carbons (Fsp3) is 0.333. The normalized spacial score (nSPS) is 11.6. The predicted molar refractivity (Wildman–Crippen MR) is 56.2 cm³/mol. The molecule has 0 amide bonds. The minimum absolute atomic E-state index is 0.118. The molecule has 0 fully saturated rings. The molecule has 0 aliphatic carbocycles. The Hall–Kier alpha value is -0.980. The number of hydrogen-bond donors (Lipinski definition) is 0. The zero-order valence-electron chi connectivity index (χ0n) is 8.02. The largest absolute Gasteiger partial charge is 0.433 e. The molecule has 0 bridgehead atoms. The maximum atomic E-state index is 12.5. The molecular formula is C9H4F5IN2. The highest BCUT2D eigenvalue weighted by molar-refractivity contribution is 14.1. The molecule has 0 saturated heterocycles. The van der Waals surface area contributed by atoms with Crippen LogP contribution < -0.4 is 0 Å². The van der Waals surface area contributed by atoms with E-state index >= 15 is 0 Å². The van der Waals surface area contributed by atoms with Gasteiger partial charge in [0.05, 0.1) is 18.2 Å². The number of nitrogens with zero attached hydrogens (tertiary/aromatic N) is 2. The van der Waals surface area contributed by atoms with Crippen molar-refractivity contribution in [3.8, 4) is 6.07 Å². The minimum atomic E-state index is -4.96. The van der Waals surface area contributed by atoms with Crippen LogP contribution >= 0.6 is 22.6 Å². The summed E-state index contributed by atoms with van der Waals surface area (Å²) in [7, 11) is 0. The van der Waals surface area contributed by atoms with E-state index in [0.29, 0.717) is 6.07 Å². The van der Waals surface area contributed by atoms with Crippen molar-refractivity contribution in [3.63, 3.8) is 0 Å². The summed E-state index contributed by atoms with van der Waals surface area (Å²) in [4.78, 5) is 3.12. The highest BCUT2D eigenvalue weighted by Gasteiger charge is 2.38. The molecule has 92 valence electrons. The lowest BCUT2D eigenvalue weighted by Crippen LogP contribution is -2.15. The molecule has 0 aromatic carbocycles. The first-order chi connectivity index (χ1) is 7.77. The summed E-state index contributed by atoms with van der Waals surface area (Å²) >= 11 is 1.57. The van der Waals surface area contributed by atoms with Gasteiger partial charge < -0.3 is 0 Å². The van der Waals surface area contributed by atoms with Gasteiger partial charge >= 0.3 is 6.18 Å². The van der Waals surface area contributed by atoms with E-state index in [1.165, 1.54) is 0 Å². The molecule has 0 radical (unpaired) electrons. The summed E-state index contributed by atoms with van der Waals surface area (Å²) in [5.74, 6) is 0. The van der Waals surface area contributed by atoms with Gasteiger partial charge in [0.25, 0.3) is 6.43 Å². The zero-order valence-corrected chi connectivity index (χ0v) is 10.2. The highest BCUT2D eigenvalue weighted by Crippen LogP contribution is 2.36.